The molecule has 4 rings (SSSR count). The van der Waals surface area contributed by atoms with E-state index in [9.17, 15) is 14.0 Å². The monoisotopic (exact) mass is 436 g/mol. The maximum Gasteiger partial charge on any atom is 0.270 e. The molecule has 166 valence electrons. The molecule has 0 N–H and O–H groups in total. The second-order valence-corrected chi connectivity index (χ2v) is 7.90. The number of hydrogen-bond donors (Lipinski definition) is 0. The van der Waals surface area contributed by atoms with Crippen molar-refractivity contribution in [2.45, 2.75) is 39.0 Å². The molecule has 1 aliphatic heterocycles. The zero-order valence-corrected chi connectivity index (χ0v) is 17.7. The van der Waals surface area contributed by atoms with Crippen molar-refractivity contribution in [3.63, 3.8) is 0 Å². The number of pyridine rings is 1. The molecule has 0 amide bonds. The first-order chi connectivity index (χ1) is 15.6. The van der Waals surface area contributed by atoms with Crippen LogP contribution in [-0.4, -0.2) is 38.5 Å². The molecule has 0 unspecified atom stereocenters. The van der Waals surface area contributed by atoms with Gasteiger partial charge >= 0.3 is 0 Å². The Kier molecular flexibility index (Phi) is 7.01. The van der Waals surface area contributed by atoms with E-state index in [1.165, 1.54) is 49.2 Å². The quantitative estimate of drug-likeness (QED) is 0.505. The van der Waals surface area contributed by atoms with E-state index in [1.54, 1.807) is 12.1 Å². The van der Waals surface area contributed by atoms with Gasteiger partial charge in [-0.15, -0.1) is 0 Å². The van der Waals surface area contributed by atoms with Crippen LogP contribution in [0.2, 0.25) is 0 Å². The lowest BCUT2D eigenvalue weighted by Gasteiger charge is -2.26. The SMILES string of the molecule is O=C(Cn1ncc(OCc2ccc(F)cn2)cc1=O)c1ccc(CN2CCCCC2)cc1. The number of halogens is 1. The van der Waals surface area contributed by atoms with Gasteiger partial charge in [0.15, 0.2) is 5.78 Å². The highest BCUT2D eigenvalue weighted by molar-refractivity contribution is 5.95. The molecular weight excluding hydrogens is 411 g/mol. The van der Waals surface area contributed by atoms with Crippen LogP contribution in [0.5, 0.6) is 5.75 Å². The minimum Gasteiger partial charge on any atom is -0.485 e. The number of likely N-dealkylation sites (tertiary alicyclic amines) is 1. The summed E-state index contributed by atoms with van der Waals surface area (Å²) in [6.07, 6.45) is 6.26. The second-order valence-electron chi connectivity index (χ2n) is 7.90. The van der Waals surface area contributed by atoms with Crippen LogP contribution in [0.1, 0.15) is 40.9 Å². The van der Waals surface area contributed by atoms with Gasteiger partial charge in [0.1, 0.15) is 24.7 Å². The Bertz CT molecular complexity index is 1110. The van der Waals surface area contributed by atoms with E-state index in [0.29, 0.717) is 11.3 Å². The van der Waals surface area contributed by atoms with Crippen molar-refractivity contribution in [1.29, 1.82) is 0 Å². The van der Waals surface area contributed by atoms with Gasteiger partial charge in [0.2, 0.25) is 0 Å². The molecule has 0 atom stereocenters. The topological polar surface area (TPSA) is 77.3 Å². The molecule has 3 aromatic rings. The zero-order chi connectivity index (χ0) is 22.3. The number of carbonyl (C=O) groups is 1. The third kappa shape index (κ3) is 5.85. The van der Waals surface area contributed by atoms with Crippen LogP contribution in [0.25, 0.3) is 0 Å². The summed E-state index contributed by atoms with van der Waals surface area (Å²) in [5.74, 6) is -0.362. The summed E-state index contributed by atoms with van der Waals surface area (Å²) in [5.41, 5.74) is 1.80. The molecule has 3 heterocycles. The van der Waals surface area contributed by atoms with Gasteiger partial charge in [-0.25, -0.2) is 9.07 Å². The number of carbonyl (C=O) groups excluding carboxylic acids is 1. The molecular formula is C24H25FN4O3. The molecule has 0 aliphatic carbocycles. The summed E-state index contributed by atoms with van der Waals surface area (Å²) >= 11 is 0. The molecule has 8 heteroatoms. The lowest BCUT2D eigenvalue weighted by Crippen LogP contribution is -2.29. The summed E-state index contributed by atoms with van der Waals surface area (Å²) in [6.45, 7) is 3.06. The number of aromatic nitrogens is 3. The smallest absolute Gasteiger partial charge is 0.270 e. The predicted octanol–water partition coefficient (Wildman–Crippen LogP) is 3.23. The van der Waals surface area contributed by atoms with E-state index < -0.39 is 11.4 Å². The van der Waals surface area contributed by atoms with E-state index in [4.69, 9.17) is 4.74 Å². The van der Waals surface area contributed by atoms with Gasteiger partial charge in [0, 0.05) is 18.2 Å². The molecule has 0 saturated carbocycles. The highest BCUT2D eigenvalue weighted by atomic mass is 19.1. The van der Waals surface area contributed by atoms with Crippen molar-refractivity contribution in [2.75, 3.05) is 13.1 Å². The number of hydrogen-bond acceptors (Lipinski definition) is 6. The van der Waals surface area contributed by atoms with Gasteiger partial charge in [-0.05, 0) is 43.6 Å². The predicted molar refractivity (Wildman–Crippen MR) is 117 cm³/mol. The number of nitrogens with zero attached hydrogens (tertiary/aromatic N) is 4. The fourth-order valence-corrected chi connectivity index (χ4v) is 3.66. The van der Waals surface area contributed by atoms with E-state index in [-0.39, 0.29) is 24.7 Å². The average Bonchev–Trinajstić information content (AvgIpc) is 2.81. The molecule has 32 heavy (non-hydrogen) atoms. The summed E-state index contributed by atoms with van der Waals surface area (Å²) in [5, 5.41) is 4.04. The van der Waals surface area contributed by atoms with Gasteiger partial charge in [-0.3, -0.25) is 19.5 Å². The van der Waals surface area contributed by atoms with E-state index >= 15 is 0 Å². The van der Waals surface area contributed by atoms with Crippen LogP contribution in [0.15, 0.2) is 59.7 Å². The molecule has 1 aromatic carbocycles. The lowest BCUT2D eigenvalue weighted by molar-refractivity contribution is 0.0965. The zero-order valence-electron chi connectivity index (χ0n) is 17.7. The summed E-state index contributed by atoms with van der Waals surface area (Å²) < 4.78 is 19.5. The number of ether oxygens (including phenoxy) is 1. The summed E-state index contributed by atoms with van der Waals surface area (Å²) in [4.78, 5) is 31.3. The Morgan fingerprint density at radius 3 is 2.50 bits per heavy atom. The molecule has 0 spiro atoms. The minimum atomic E-state index is -0.440. The van der Waals surface area contributed by atoms with Gasteiger partial charge in [0.25, 0.3) is 5.56 Å². The number of ketones is 1. The van der Waals surface area contributed by atoms with E-state index in [1.807, 2.05) is 12.1 Å². The van der Waals surface area contributed by atoms with E-state index in [0.717, 1.165) is 30.5 Å². The largest absolute Gasteiger partial charge is 0.485 e. The van der Waals surface area contributed by atoms with Crippen LogP contribution >= 0.6 is 0 Å². The lowest BCUT2D eigenvalue weighted by atomic mass is 10.1. The maximum atomic E-state index is 12.9. The number of benzene rings is 1. The van der Waals surface area contributed by atoms with Gasteiger partial charge < -0.3 is 4.74 Å². The van der Waals surface area contributed by atoms with Gasteiger partial charge in [-0.2, -0.15) is 5.10 Å². The molecule has 1 aliphatic rings. The molecule has 0 bridgehead atoms. The average molecular weight is 436 g/mol. The molecule has 1 saturated heterocycles. The van der Waals surface area contributed by atoms with Crippen molar-refractivity contribution >= 4 is 5.78 Å². The highest BCUT2D eigenvalue weighted by Crippen LogP contribution is 2.14. The number of piperidine rings is 1. The van der Waals surface area contributed by atoms with Crippen LogP contribution in [0.3, 0.4) is 0 Å². The van der Waals surface area contributed by atoms with Crippen molar-refractivity contribution < 1.29 is 13.9 Å². The standard InChI is InChI=1S/C24H25FN4O3/c25-20-8-9-21(26-13-20)17-32-22-12-24(31)29(27-14-22)16-23(30)19-6-4-18(5-7-19)15-28-10-2-1-3-11-28/h4-9,12-14H,1-3,10-11,15-17H2. The normalized spacial score (nSPS) is 14.3. The summed E-state index contributed by atoms with van der Waals surface area (Å²) in [7, 11) is 0. The Morgan fingerprint density at radius 1 is 1.03 bits per heavy atom. The Labute approximate surface area is 185 Å². The Morgan fingerprint density at radius 2 is 1.81 bits per heavy atom. The maximum absolute atomic E-state index is 12.9. The van der Waals surface area contributed by atoms with Crippen LogP contribution in [0, 0.1) is 5.82 Å². The summed E-state index contributed by atoms with van der Waals surface area (Å²) in [6, 6.07) is 11.6. The molecule has 2 aromatic heterocycles. The van der Waals surface area contributed by atoms with Crippen LogP contribution in [0.4, 0.5) is 4.39 Å². The van der Waals surface area contributed by atoms with E-state index in [2.05, 4.69) is 15.0 Å². The van der Waals surface area contributed by atoms with Crippen molar-refractivity contribution in [1.82, 2.24) is 19.7 Å². The molecule has 1 fully saturated rings. The number of Topliss-reactive ketones (excluding diaryl/α,β-unsaturated/α-hetero) is 1. The van der Waals surface area contributed by atoms with Gasteiger partial charge in [0.05, 0.1) is 18.1 Å². The first kappa shape index (κ1) is 21.8. The molecule has 0 radical (unpaired) electrons. The minimum absolute atomic E-state index is 0.0775. The first-order valence-electron chi connectivity index (χ1n) is 10.7. The second kappa shape index (κ2) is 10.3. The van der Waals surface area contributed by atoms with Crippen LogP contribution < -0.4 is 10.3 Å². The van der Waals surface area contributed by atoms with Crippen molar-refractivity contribution in [2.24, 2.45) is 0 Å². The highest BCUT2D eigenvalue weighted by Gasteiger charge is 2.13. The Balaban J connectivity index is 1.33. The Hall–Kier alpha value is -3.39. The molecule has 7 nitrogen and oxygen atoms in total. The third-order valence-electron chi connectivity index (χ3n) is 5.44. The van der Waals surface area contributed by atoms with Crippen molar-refractivity contribution in [3.05, 3.63) is 87.9 Å². The number of rotatable bonds is 8. The van der Waals surface area contributed by atoms with Crippen molar-refractivity contribution in [3.8, 4) is 5.75 Å². The fraction of sp³-hybridized carbons (Fsp3) is 0.333. The third-order valence-corrected chi connectivity index (χ3v) is 5.44. The fourth-order valence-electron chi connectivity index (χ4n) is 3.66. The first-order valence-corrected chi connectivity index (χ1v) is 10.7. The van der Waals surface area contributed by atoms with Gasteiger partial charge in [-0.1, -0.05) is 30.7 Å². The van der Waals surface area contributed by atoms with Crippen LogP contribution in [-0.2, 0) is 19.7 Å².